The predicted octanol–water partition coefficient (Wildman–Crippen LogP) is 9.66. The maximum absolute atomic E-state index is 12.0. The number of hydrogen-bond acceptors (Lipinski definition) is 8. The number of phenols is 4. The van der Waals surface area contributed by atoms with Crippen molar-refractivity contribution in [1.82, 2.24) is 0 Å². The maximum atomic E-state index is 12.0. The van der Waals surface area contributed by atoms with Gasteiger partial charge < -0.3 is 41.4 Å². The van der Waals surface area contributed by atoms with Crippen molar-refractivity contribution in [2.45, 2.75) is 135 Å². The normalized spacial score (nSPS) is 24.1. The van der Waals surface area contributed by atoms with Crippen molar-refractivity contribution in [1.29, 1.82) is 0 Å². The van der Waals surface area contributed by atoms with Crippen LogP contribution in [0.15, 0.2) is 24.3 Å². The Hall–Kier alpha value is -3.53. The van der Waals surface area contributed by atoms with Gasteiger partial charge in [0.1, 0.15) is 35.2 Å². The van der Waals surface area contributed by atoms with E-state index < -0.39 is 24.4 Å². The van der Waals surface area contributed by atoms with E-state index in [1.54, 1.807) is 24.3 Å². The molecule has 0 aliphatic heterocycles. The molecule has 11 heteroatoms. The Labute approximate surface area is 296 Å². The van der Waals surface area contributed by atoms with Crippen molar-refractivity contribution in [3.8, 4) is 23.0 Å². The lowest BCUT2D eigenvalue weighted by molar-refractivity contribution is 0.0683. The fourth-order valence-corrected chi connectivity index (χ4v) is 7.74. The first kappa shape index (κ1) is 39.9. The number of unbranched alkanes of at least 4 members (excludes halogenated alkanes) is 2. The number of halogens is 1. The van der Waals surface area contributed by atoms with Crippen LogP contribution < -0.4 is 11.5 Å². The molecule has 0 aromatic heterocycles. The van der Waals surface area contributed by atoms with Crippen molar-refractivity contribution in [3.05, 3.63) is 46.5 Å². The molecule has 274 valence electrons. The van der Waals surface area contributed by atoms with Gasteiger partial charge in [-0.1, -0.05) is 65.7 Å². The standard InChI is InChI=1S/C38H57ClN2O8/c1-4-5-14-25-15-8-6-12-23(2)36(49-38(41)47)28-21-31(44)34(32(45)22-28)26(17-10-11-18-39)16-9-7-13-24(3)35(48-37(40)46)27-19-29(42)33(25)30(43)20-27/h19-26,35-36,42-45H,4-18H2,1-3H3,(H2,40,46)(H2,41,47). The van der Waals surface area contributed by atoms with Crippen molar-refractivity contribution in [2.75, 3.05) is 5.88 Å². The van der Waals surface area contributed by atoms with Gasteiger partial charge in [-0.15, -0.1) is 11.6 Å². The van der Waals surface area contributed by atoms with Gasteiger partial charge in [-0.3, -0.25) is 0 Å². The third-order valence-electron chi connectivity index (χ3n) is 10.1. The molecule has 4 aliphatic rings. The molecule has 0 saturated carbocycles. The van der Waals surface area contributed by atoms with E-state index in [2.05, 4.69) is 6.92 Å². The first-order chi connectivity index (χ1) is 23.4. The van der Waals surface area contributed by atoms with Gasteiger partial charge in [0.05, 0.1) is 0 Å². The number of ether oxygens (including phenoxy) is 2. The number of phenolic OH excluding ortho intramolecular Hbond substituents is 4. The summed E-state index contributed by atoms with van der Waals surface area (Å²) in [7, 11) is 0. The van der Waals surface area contributed by atoms with E-state index in [-0.39, 0.29) is 46.7 Å². The number of alkyl halides is 1. The van der Waals surface area contributed by atoms with Crippen LogP contribution in [0, 0.1) is 11.8 Å². The van der Waals surface area contributed by atoms with Crippen LogP contribution in [-0.4, -0.2) is 38.5 Å². The van der Waals surface area contributed by atoms with Crippen molar-refractivity contribution >= 4 is 23.8 Å². The Morgan fingerprint density at radius 2 is 1.04 bits per heavy atom. The van der Waals surface area contributed by atoms with Gasteiger partial charge in [-0.2, -0.15) is 0 Å². The van der Waals surface area contributed by atoms with Crippen LogP contribution in [0.2, 0.25) is 0 Å². The lowest BCUT2D eigenvalue weighted by atomic mass is 9.83. The molecule has 2 aromatic carbocycles. The molecule has 0 radical (unpaired) electrons. The van der Waals surface area contributed by atoms with E-state index in [1.807, 2.05) is 13.8 Å². The zero-order valence-corrected chi connectivity index (χ0v) is 30.1. The molecule has 0 heterocycles. The average molecular weight is 705 g/mol. The average Bonchev–Trinajstić information content (AvgIpc) is 3.03. The molecule has 10 nitrogen and oxygen atoms in total. The summed E-state index contributed by atoms with van der Waals surface area (Å²) >= 11 is 5.97. The number of benzene rings is 2. The summed E-state index contributed by atoms with van der Waals surface area (Å²) in [6.07, 6.45) is 7.23. The highest BCUT2D eigenvalue weighted by atomic mass is 35.5. The van der Waals surface area contributed by atoms with Crippen LogP contribution in [0.5, 0.6) is 23.0 Å². The van der Waals surface area contributed by atoms with E-state index in [1.165, 1.54) is 0 Å². The number of carbonyl (C=O) groups is 2. The summed E-state index contributed by atoms with van der Waals surface area (Å²) in [5.41, 5.74) is 12.8. The Bertz CT molecular complexity index is 1330. The number of rotatable bonds is 9. The lowest BCUT2D eigenvalue weighted by Crippen LogP contribution is -2.22. The van der Waals surface area contributed by atoms with Crippen LogP contribution in [-0.2, 0) is 9.47 Å². The fourth-order valence-electron chi connectivity index (χ4n) is 7.55. The Kier molecular flexibility index (Phi) is 16.0. The van der Waals surface area contributed by atoms with Crippen molar-refractivity contribution in [3.63, 3.8) is 0 Å². The van der Waals surface area contributed by atoms with Gasteiger partial charge in [0.2, 0.25) is 0 Å². The molecule has 0 saturated heterocycles. The van der Waals surface area contributed by atoms with Crippen molar-refractivity contribution < 1.29 is 39.5 Å². The Morgan fingerprint density at radius 3 is 1.39 bits per heavy atom. The second-order valence-corrected chi connectivity index (χ2v) is 14.3. The molecule has 0 fully saturated rings. The second kappa shape index (κ2) is 19.6. The molecule has 2 amide bonds. The number of amides is 2. The summed E-state index contributed by atoms with van der Waals surface area (Å²) in [6.45, 7) is 5.98. The smallest absolute Gasteiger partial charge is 0.405 e. The van der Waals surface area contributed by atoms with Gasteiger partial charge in [0.15, 0.2) is 0 Å². The summed E-state index contributed by atoms with van der Waals surface area (Å²) in [4.78, 5) is 24.0. The molecule has 8 N–H and O–H groups in total. The monoisotopic (exact) mass is 704 g/mol. The molecule has 6 atom stereocenters. The number of nitrogens with two attached hydrogens (primary N) is 2. The van der Waals surface area contributed by atoms with Gasteiger partial charge in [-0.25, -0.2) is 9.59 Å². The van der Waals surface area contributed by atoms with Crippen LogP contribution >= 0.6 is 11.6 Å². The molecule has 6 unspecified atom stereocenters. The van der Waals surface area contributed by atoms with Crippen LogP contribution in [0.4, 0.5) is 9.59 Å². The number of hydrogen-bond donors (Lipinski definition) is 6. The van der Waals surface area contributed by atoms with E-state index in [0.717, 1.165) is 57.8 Å². The van der Waals surface area contributed by atoms with Crippen molar-refractivity contribution in [2.24, 2.45) is 23.3 Å². The highest BCUT2D eigenvalue weighted by Gasteiger charge is 2.30. The SMILES string of the molecule is CCCCC1CCCCC(C)C(OC(N)=O)c2cc(O)c(c(O)c2)C(CCCCCl)CCCCC(C)C(OC(N)=O)c2cc(O)c1c(O)c2. The highest BCUT2D eigenvalue weighted by Crippen LogP contribution is 2.46. The summed E-state index contributed by atoms with van der Waals surface area (Å²) in [5.74, 6) is -0.295. The first-order valence-electron chi connectivity index (χ1n) is 18.0. The number of primary amides is 2. The van der Waals surface area contributed by atoms with Crippen LogP contribution in [0.25, 0.3) is 0 Å². The molecule has 4 bridgehead atoms. The Balaban J connectivity index is 2.04. The lowest BCUT2D eigenvalue weighted by Gasteiger charge is -2.28. The molecular weight excluding hydrogens is 648 g/mol. The number of aromatic hydroxyl groups is 4. The molecule has 0 spiro atoms. The minimum Gasteiger partial charge on any atom is -0.508 e. The quantitative estimate of drug-likeness (QED) is 0.110. The largest absolute Gasteiger partial charge is 0.508 e. The minimum absolute atomic E-state index is 0.0331. The third-order valence-corrected chi connectivity index (χ3v) is 10.3. The summed E-state index contributed by atoms with van der Waals surface area (Å²) in [5, 5.41) is 45.2. The first-order valence-corrected chi connectivity index (χ1v) is 18.5. The zero-order valence-electron chi connectivity index (χ0n) is 29.3. The van der Waals surface area contributed by atoms with E-state index in [0.29, 0.717) is 60.2 Å². The van der Waals surface area contributed by atoms with E-state index in [4.69, 9.17) is 32.5 Å². The molecule has 2 aromatic rings. The Morgan fingerprint density at radius 1 is 0.673 bits per heavy atom. The fraction of sp³-hybridized carbons (Fsp3) is 0.632. The van der Waals surface area contributed by atoms with Crippen LogP contribution in [0.3, 0.4) is 0 Å². The highest BCUT2D eigenvalue weighted by molar-refractivity contribution is 6.17. The number of carbonyl (C=O) groups excluding carboxylic acids is 2. The third kappa shape index (κ3) is 11.5. The predicted molar refractivity (Wildman–Crippen MR) is 191 cm³/mol. The zero-order chi connectivity index (χ0) is 36.1. The van der Waals surface area contributed by atoms with Gasteiger partial charge in [0.25, 0.3) is 0 Å². The van der Waals surface area contributed by atoms with Gasteiger partial charge >= 0.3 is 12.2 Å². The minimum atomic E-state index is -0.938. The van der Waals surface area contributed by atoms with E-state index in [9.17, 15) is 30.0 Å². The topological polar surface area (TPSA) is 186 Å². The molecular formula is C38H57ClN2O8. The molecule has 49 heavy (non-hydrogen) atoms. The summed E-state index contributed by atoms with van der Waals surface area (Å²) in [6, 6.07) is 6.31. The molecule has 6 rings (SSSR count). The van der Waals surface area contributed by atoms with Crippen LogP contribution in [0.1, 0.15) is 157 Å². The maximum Gasteiger partial charge on any atom is 0.405 e. The second-order valence-electron chi connectivity index (χ2n) is 13.9. The van der Waals surface area contributed by atoms with E-state index >= 15 is 0 Å². The summed E-state index contributed by atoms with van der Waals surface area (Å²) < 4.78 is 11.1. The van der Waals surface area contributed by atoms with Gasteiger partial charge in [0, 0.05) is 28.1 Å². The van der Waals surface area contributed by atoms with Gasteiger partial charge in [-0.05, 0) is 92.9 Å². The molecule has 4 aliphatic carbocycles.